The molecule has 13 heavy (non-hydrogen) atoms. The fourth-order valence-corrected chi connectivity index (χ4v) is 1.09. The summed E-state index contributed by atoms with van der Waals surface area (Å²) in [6.07, 6.45) is 0. The average molecular weight is 176 g/mol. The van der Waals surface area contributed by atoms with Gasteiger partial charge in [-0.25, -0.2) is 0 Å². The number of benzene rings is 1. The van der Waals surface area contributed by atoms with Crippen molar-refractivity contribution in [3.63, 3.8) is 0 Å². The second kappa shape index (κ2) is 2.74. The molecule has 1 heterocycles. The summed E-state index contributed by atoms with van der Waals surface area (Å²) in [5.74, 6) is 0.485. The van der Waals surface area contributed by atoms with Gasteiger partial charge in [0.2, 0.25) is 5.82 Å². The lowest BCUT2D eigenvalue weighted by atomic mass is 10.1. The topological polar surface area (TPSA) is 107 Å². The lowest BCUT2D eigenvalue weighted by Gasteiger charge is -1.99. The molecule has 0 saturated heterocycles. The summed E-state index contributed by atoms with van der Waals surface area (Å²) in [6, 6.07) is 5.14. The van der Waals surface area contributed by atoms with Crippen LogP contribution in [-0.2, 0) is 0 Å². The fraction of sp³-hybridized carbons (Fsp3) is 0. The van der Waals surface area contributed by atoms with Crippen LogP contribution in [0.1, 0.15) is 0 Å². The van der Waals surface area contributed by atoms with Gasteiger partial charge in [0.05, 0.1) is 0 Å². The molecule has 5 N–H and O–H groups in total. The van der Waals surface area contributed by atoms with Crippen molar-refractivity contribution in [3.8, 4) is 11.4 Å². The molecule has 2 rings (SSSR count). The summed E-state index contributed by atoms with van der Waals surface area (Å²) in [7, 11) is 0. The minimum Gasteiger partial charge on any atom is -0.399 e. The molecule has 2 aromatic rings. The number of tetrazole rings is 1. The van der Waals surface area contributed by atoms with Gasteiger partial charge < -0.3 is 11.5 Å². The number of nitrogens with two attached hydrogens (primary N) is 2. The van der Waals surface area contributed by atoms with Crippen molar-refractivity contribution in [1.29, 1.82) is 0 Å². The smallest absolute Gasteiger partial charge is 0.204 e. The number of hydrogen-bond acceptors (Lipinski definition) is 5. The third kappa shape index (κ3) is 1.41. The number of nitrogens with zero attached hydrogens (tertiary/aromatic N) is 3. The van der Waals surface area contributed by atoms with Crippen molar-refractivity contribution in [2.24, 2.45) is 0 Å². The molecule has 6 nitrogen and oxygen atoms in total. The van der Waals surface area contributed by atoms with E-state index in [-0.39, 0.29) is 0 Å². The van der Waals surface area contributed by atoms with Gasteiger partial charge in [-0.3, -0.25) is 0 Å². The Morgan fingerprint density at radius 2 is 1.77 bits per heavy atom. The van der Waals surface area contributed by atoms with Crippen LogP contribution in [0.4, 0.5) is 11.4 Å². The summed E-state index contributed by atoms with van der Waals surface area (Å²) in [5, 5.41) is 13.4. The van der Waals surface area contributed by atoms with Crippen molar-refractivity contribution >= 4 is 11.4 Å². The SMILES string of the molecule is Nc1cc(N)cc(-c2nn[nH]n2)c1. The van der Waals surface area contributed by atoms with Gasteiger partial charge in [-0.2, -0.15) is 5.21 Å². The van der Waals surface area contributed by atoms with E-state index in [2.05, 4.69) is 20.6 Å². The quantitative estimate of drug-likeness (QED) is 0.531. The molecule has 0 radical (unpaired) electrons. The van der Waals surface area contributed by atoms with Gasteiger partial charge in [-0.05, 0) is 23.4 Å². The number of H-pyrrole nitrogens is 1. The predicted molar refractivity (Wildman–Crippen MR) is 48.4 cm³/mol. The van der Waals surface area contributed by atoms with Crippen LogP contribution in [0.5, 0.6) is 0 Å². The summed E-state index contributed by atoms with van der Waals surface area (Å²) >= 11 is 0. The number of nitrogen functional groups attached to an aromatic ring is 2. The normalized spacial score (nSPS) is 10.2. The number of anilines is 2. The summed E-state index contributed by atoms with van der Waals surface area (Å²) < 4.78 is 0. The van der Waals surface area contributed by atoms with E-state index in [1.165, 1.54) is 0 Å². The second-order valence-electron chi connectivity index (χ2n) is 2.62. The van der Waals surface area contributed by atoms with E-state index in [4.69, 9.17) is 11.5 Å². The summed E-state index contributed by atoms with van der Waals surface area (Å²) in [6.45, 7) is 0. The van der Waals surface area contributed by atoms with Gasteiger partial charge in [0.15, 0.2) is 0 Å². The number of rotatable bonds is 1. The van der Waals surface area contributed by atoms with Crippen LogP contribution in [0, 0.1) is 0 Å². The van der Waals surface area contributed by atoms with Gasteiger partial charge in [-0.15, -0.1) is 10.2 Å². The molecular formula is C7H8N6. The van der Waals surface area contributed by atoms with Crippen LogP contribution in [0.15, 0.2) is 18.2 Å². The van der Waals surface area contributed by atoms with Crippen LogP contribution in [0.3, 0.4) is 0 Å². The van der Waals surface area contributed by atoms with E-state index in [0.717, 1.165) is 5.56 Å². The first kappa shape index (κ1) is 7.53. The van der Waals surface area contributed by atoms with Gasteiger partial charge >= 0.3 is 0 Å². The van der Waals surface area contributed by atoms with Crippen molar-refractivity contribution in [2.75, 3.05) is 11.5 Å². The maximum atomic E-state index is 5.60. The molecule has 0 fully saturated rings. The summed E-state index contributed by atoms with van der Waals surface area (Å²) in [4.78, 5) is 0. The molecule has 1 aromatic carbocycles. The maximum absolute atomic E-state index is 5.60. The highest BCUT2D eigenvalue weighted by molar-refractivity contribution is 5.67. The van der Waals surface area contributed by atoms with E-state index in [1.54, 1.807) is 18.2 Å². The molecule has 0 aliphatic heterocycles. The molecule has 0 unspecified atom stereocenters. The van der Waals surface area contributed by atoms with Crippen LogP contribution in [-0.4, -0.2) is 20.6 Å². The number of hydrogen-bond donors (Lipinski definition) is 3. The molecule has 0 amide bonds. The minimum absolute atomic E-state index is 0.485. The zero-order valence-corrected chi connectivity index (χ0v) is 6.73. The van der Waals surface area contributed by atoms with E-state index < -0.39 is 0 Å². The van der Waals surface area contributed by atoms with E-state index in [1.807, 2.05) is 0 Å². The predicted octanol–water partition coefficient (Wildman–Crippen LogP) is 0.0311. The molecule has 0 aliphatic carbocycles. The minimum atomic E-state index is 0.485. The van der Waals surface area contributed by atoms with E-state index in [0.29, 0.717) is 17.2 Å². The first-order valence-electron chi connectivity index (χ1n) is 3.65. The lowest BCUT2D eigenvalue weighted by Crippen LogP contribution is -1.92. The average Bonchev–Trinajstić information content (AvgIpc) is 2.53. The van der Waals surface area contributed by atoms with Crippen molar-refractivity contribution in [1.82, 2.24) is 20.6 Å². The first-order valence-corrected chi connectivity index (χ1v) is 3.65. The van der Waals surface area contributed by atoms with Crippen LogP contribution >= 0.6 is 0 Å². The Morgan fingerprint density at radius 3 is 2.31 bits per heavy atom. The molecule has 0 saturated carbocycles. The maximum Gasteiger partial charge on any atom is 0.204 e. The molecule has 6 heteroatoms. The number of aromatic amines is 1. The molecule has 0 bridgehead atoms. The second-order valence-corrected chi connectivity index (χ2v) is 2.62. The zero-order chi connectivity index (χ0) is 9.26. The van der Waals surface area contributed by atoms with Crippen molar-refractivity contribution < 1.29 is 0 Å². The lowest BCUT2D eigenvalue weighted by molar-refractivity contribution is 0.881. The number of nitrogens with one attached hydrogen (secondary N) is 1. The Hall–Kier alpha value is -2.11. The fourth-order valence-electron chi connectivity index (χ4n) is 1.09. The van der Waals surface area contributed by atoms with Crippen molar-refractivity contribution in [3.05, 3.63) is 18.2 Å². The Bertz CT molecular complexity index is 387. The number of aromatic nitrogens is 4. The van der Waals surface area contributed by atoms with E-state index >= 15 is 0 Å². The molecule has 0 atom stereocenters. The largest absolute Gasteiger partial charge is 0.399 e. The Kier molecular flexibility index (Phi) is 1.59. The standard InChI is InChI=1S/C7H8N6/c8-5-1-4(2-6(9)3-5)7-10-12-13-11-7/h1-3H,8-9H2,(H,10,11,12,13). The highest BCUT2D eigenvalue weighted by Crippen LogP contribution is 2.20. The molecule has 0 aliphatic rings. The van der Waals surface area contributed by atoms with Crippen LogP contribution in [0.25, 0.3) is 11.4 Å². The Morgan fingerprint density at radius 1 is 1.08 bits per heavy atom. The Balaban J connectivity index is 2.53. The van der Waals surface area contributed by atoms with Crippen LogP contribution in [0.2, 0.25) is 0 Å². The highest BCUT2D eigenvalue weighted by atomic mass is 15.5. The first-order chi connectivity index (χ1) is 6.25. The molecule has 1 aromatic heterocycles. The summed E-state index contributed by atoms with van der Waals surface area (Å²) in [5.41, 5.74) is 13.1. The van der Waals surface area contributed by atoms with Gasteiger partial charge in [0, 0.05) is 16.9 Å². The van der Waals surface area contributed by atoms with Crippen molar-refractivity contribution in [2.45, 2.75) is 0 Å². The highest BCUT2D eigenvalue weighted by Gasteiger charge is 2.03. The third-order valence-corrected chi connectivity index (χ3v) is 1.58. The van der Waals surface area contributed by atoms with Gasteiger partial charge in [0.1, 0.15) is 0 Å². The van der Waals surface area contributed by atoms with Crippen LogP contribution < -0.4 is 11.5 Å². The Labute approximate surface area is 73.9 Å². The van der Waals surface area contributed by atoms with Gasteiger partial charge in [-0.1, -0.05) is 0 Å². The molecular weight excluding hydrogens is 168 g/mol. The molecule has 66 valence electrons. The third-order valence-electron chi connectivity index (χ3n) is 1.58. The monoisotopic (exact) mass is 176 g/mol. The molecule has 0 spiro atoms. The van der Waals surface area contributed by atoms with E-state index in [9.17, 15) is 0 Å². The zero-order valence-electron chi connectivity index (χ0n) is 6.73. The van der Waals surface area contributed by atoms with Gasteiger partial charge in [0.25, 0.3) is 0 Å².